The van der Waals surface area contributed by atoms with Gasteiger partial charge in [0.1, 0.15) is 11.5 Å². The lowest BCUT2D eigenvalue weighted by Crippen LogP contribution is -2.21. The summed E-state index contributed by atoms with van der Waals surface area (Å²) in [5.41, 5.74) is 5.34. The SMILES string of the molecule is CCn1c(SCC(=O)NN=C(C)c2ccco2)nnc1-c1ccc(C)cc1. The second-order valence-electron chi connectivity index (χ2n) is 5.91. The lowest BCUT2D eigenvalue weighted by atomic mass is 10.1. The number of aromatic nitrogens is 3. The number of hydrogen-bond donors (Lipinski definition) is 1. The van der Waals surface area contributed by atoms with Crippen molar-refractivity contribution in [3.05, 3.63) is 54.0 Å². The van der Waals surface area contributed by atoms with Crippen LogP contribution in [0, 0.1) is 6.92 Å². The number of thioether (sulfide) groups is 1. The molecule has 27 heavy (non-hydrogen) atoms. The number of carbonyl (C=O) groups is 1. The molecule has 0 radical (unpaired) electrons. The Morgan fingerprint density at radius 3 is 2.70 bits per heavy atom. The summed E-state index contributed by atoms with van der Waals surface area (Å²) in [6.07, 6.45) is 1.56. The average molecular weight is 383 g/mol. The Bertz CT molecular complexity index is 930. The second-order valence-corrected chi connectivity index (χ2v) is 6.86. The molecule has 2 heterocycles. The van der Waals surface area contributed by atoms with Gasteiger partial charge in [-0.2, -0.15) is 5.10 Å². The minimum absolute atomic E-state index is 0.195. The number of hydrogen-bond acceptors (Lipinski definition) is 6. The normalized spacial score (nSPS) is 11.6. The summed E-state index contributed by atoms with van der Waals surface area (Å²) in [7, 11) is 0. The summed E-state index contributed by atoms with van der Waals surface area (Å²) < 4.78 is 7.23. The van der Waals surface area contributed by atoms with Crippen molar-refractivity contribution in [1.82, 2.24) is 20.2 Å². The van der Waals surface area contributed by atoms with Gasteiger partial charge in [0, 0.05) is 12.1 Å². The van der Waals surface area contributed by atoms with Gasteiger partial charge in [-0.15, -0.1) is 10.2 Å². The van der Waals surface area contributed by atoms with E-state index in [1.807, 2.05) is 42.7 Å². The van der Waals surface area contributed by atoms with E-state index in [1.54, 1.807) is 25.3 Å². The molecule has 0 saturated carbocycles. The molecule has 140 valence electrons. The van der Waals surface area contributed by atoms with Crippen LogP contribution in [0.5, 0.6) is 0 Å². The third-order valence-corrected chi connectivity index (χ3v) is 4.87. The molecule has 8 heteroatoms. The molecule has 0 aliphatic rings. The van der Waals surface area contributed by atoms with Crippen LogP contribution in [0.15, 0.2) is 57.3 Å². The third-order valence-electron chi connectivity index (χ3n) is 3.90. The van der Waals surface area contributed by atoms with E-state index in [2.05, 4.69) is 20.7 Å². The smallest absolute Gasteiger partial charge is 0.250 e. The van der Waals surface area contributed by atoms with Crippen LogP contribution < -0.4 is 5.43 Å². The van der Waals surface area contributed by atoms with Crippen molar-refractivity contribution in [2.75, 3.05) is 5.75 Å². The van der Waals surface area contributed by atoms with E-state index in [0.717, 1.165) is 17.9 Å². The highest BCUT2D eigenvalue weighted by Crippen LogP contribution is 2.24. The number of hydrazone groups is 1. The van der Waals surface area contributed by atoms with Crippen LogP contribution in [0.3, 0.4) is 0 Å². The molecule has 0 aliphatic heterocycles. The lowest BCUT2D eigenvalue weighted by Gasteiger charge is -2.07. The molecule has 2 aromatic heterocycles. The number of benzene rings is 1. The molecule has 0 atom stereocenters. The summed E-state index contributed by atoms with van der Waals surface area (Å²) in [4.78, 5) is 12.1. The Morgan fingerprint density at radius 1 is 1.26 bits per heavy atom. The molecular weight excluding hydrogens is 362 g/mol. The van der Waals surface area contributed by atoms with Crippen LogP contribution in [0.4, 0.5) is 0 Å². The Labute approximate surface area is 161 Å². The Hall–Kier alpha value is -2.87. The van der Waals surface area contributed by atoms with Crippen LogP contribution >= 0.6 is 11.8 Å². The minimum Gasteiger partial charge on any atom is -0.463 e. The largest absolute Gasteiger partial charge is 0.463 e. The standard InChI is InChI=1S/C19H21N5O2S/c1-4-24-18(15-9-7-13(2)8-10-15)22-23-19(24)27-12-17(25)21-20-14(3)16-6-5-11-26-16/h5-11H,4,12H2,1-3H3,(H,21,25). The number of amides is 1. The number of aryl methyl sites for hydroxylation is 1. The van der Waals surface area contributed by atoms with Crippen molar-refractivity contribution >= 4 is 23.4 Å². The fraction of sp³-hybridized carbons (Fsp3) is 0.263. The molecule has 7 nitrogen and oxygen atoms in total. The fourth-order valence-corrected chi connectivity index (χ4v) is 3.24. The zero-order valence-electron chi connectivity index (χ0n) is 15.5. The Kier molecular flexibility index (Phi) is 6.08. The van der Waals surface area contributed by atoms with Gasteiger partial charge in [0.2, 0.25) is 0 Å². The summed E-state index contributed by atoms with van der Waals surface area (Å²) >= 11 is 1.33. The monoisotopic (exact) mass is 383 g/mol. The van der Waals surface area contributed by atoms with E-state index in [1.165, 1.54) is 17.3 Å². The Balaban J connectivity index is 1.63. The number of rotatable bonds is 7. The van der Waals surface area contributed by atoms with Crippen molar-refractivity contribution in [2.24, 2.45) is 5.10 Å². The van der Waals surface area contributed by atoms with Crippen molar-refractivity contribution in [3.63, 3.8) is 0 Å². The maximum Gasteiger partial charge on any atom is 0.250 e. The topological polar surface area (TPSA) is 85.3 Å². The van der Waals surface area contributed by atoms with Gasteiger partial charge in [-0.25, -0.2) is 5.43 Å². The fourth-order valence-electron chi connectivity index (χ4n) is 2.44. The van der Waals surface area contributed by atoms with Gasteiger partial charge in [0.05, 0.1) is 12.0 Å². The van der Waals surface area contributed by atoms with Crippen LogP contribution in [0.25, 0.3) is 11.4 Å². The molecule has 3 rings (SSSR count). The maximum absolute atomic E-state index is 12.1. The quantitative estimate of drug-likeness (QED) is 0.383. The summed E-state index contributed by atoms with van der Waals surface area (Å²) in [6.45, 7) is 6.57. The molecule has 1 N–H and O–H groups in total. The molecule has 0 fully saturated rings. The van der Waals surface area contributed by atoms with E-state index < -0.39 is 0 Å². The molecule has 0 saturated heterocycles. The van der Waals surface area contributed by atoms with Gasteiger partial charge in [-0.05, 0) is 32.9 Å². The predicted octanol–water partition coefficient (Wildman–Crippen LogP) is 3.50. The van der Waals surface area contributed by atoms with E-state index in [0.29, 0.717) is 16.6 Å². The van der Waals surface area contributed by atoms with Crippen LogP contribution in [-0.2, 0) is 11.3 Å². The van der Waals surface area contributed by atoms with E-state index >= 15 is 0 Å². The number of nitrogens with one attached hydrogen (secondary N) is 1. The van der Waals surface area contributed by atoms with E-state index in [9.17, 15) is 4.79 Å². The first-order valence-electron chi connectivity index (χ1n) is 8.58. The minimum atomic E-state index is -0.214. The maximum atomic E-state index is 12.1. The van der Waals surface area contributed by atoms with Gasteiger partial charge in [-0.1, -0.05) is 41.6 Å². The van der Waals surface area contributed by atoms with Crippen LogP contribution in [-0.4, -0.2) is 32.1 Å². The third kappa shape index (κ3) is 4.65. The molecule has 3 aromatic rings. The first-order chi connectivity index (χ1) is 13.1. The van der Waals surface area contributed by atoms with Gasteiger partial charge in [-0.3, -0.25) is 4.79 Å². The Morgan fingerprint density at radius 2 is 2.04 bits per heavy atom. The zero-order chi connectivity index (χ0) is 19.2. The van der Waals surface area contributed by atoms with Gasteiger partial charge in [0.25, 0.3) is 5.91 Å². The highest BCUT2D eigenvalue weighted by Gasteiger charge is 2.14. The lowest BCUT2D eigenvalue weighted by molar-refractivity contribution is -0.118. The molecule has 1 amide bonds. The number of carbonyl (C=O) groups excluding carboxylic acids is 1. The zero-order valence-corrected chi connectivity index (χ0v) is 16.3. The van der Waals surface area contributed by atoms with Crippen molar-refractivity contribution < 1.29 is 9.21 Å². The van der Waals surface area contributed by atoms with E-state index in [4.69, 9.17) is 4.42 Å². The number of furan rings is 1. The second kappa shape index (κ2) is 8.68. The number of nitrogens with zero attached hydrogens (tertiary/aromatic N) is 4. The first kappa shape index (κ1) is 18.9. The highest BCUT2D eigenvalue weighted by atomic mass is 32.2. The van der Waals surface area contributed by atoms with E-state index in [-0.39, 0.29) is 11.7 Å². The summed E-state index contributed by atoms with van der Waals surface area (Å²) in [5.74, 6) is 1.40. The molecular formula is C19H21N5O2S. The molecule has 0 aliphatic carbocycles. The van der Waals surface area contributed by atoms with Crippen molar-refractivity contribution in [2.45, 2.75) is 32.5 Å². The molecule has 0 bridgehead atoms. The highest BCUT2D eigenvalue weighted by molar-refractivity contribution is 7.99. The summed E-state index contributed by atoms with van der Waals surface area (Å²) in [6, 6.07) is 11.7. The van der Waals surface area contributed by atoms with Gasteiger partial charge >= 0.3 is 0 Å². The van der Waals surface area contributed by atoms with Gasteiger partial charge < -0.3 is 8.98 Å². The van der Waals surface area contributed by atoms with Crippen molar-refractivity contribution in [3.8, 4) is 11.4 Å². The molecule has 0 spiro atoms. The first-order valence-corrected chi connectivity index (χ1v) is 9.57. The average Bonchev–Trinajstić information content (AvgIpc) is 3.34. The molecule has 0 unspecified atom stereocenters. The predicted molar refractivity (Wildman–Crippen MR) is 106 cm³/mol. The van der Waals surface area contributed by atoms with Gasteiger partial charge in [0.15, 0.2) is 11.0 Å². The molecule has 1 aromatic carbocycles. The van der Waals surface area contributed by atoms with Crippen LogP contribution in [0.1, 0.15) is 25.2 Å². The summed E-state index contributed by atoms with van der Waals surface area (Å²) in [5, 5.41) is 13.3. The van der Waals surface area contributed by atoms with Crippen LogP contribution in [0.2, 0.25) is 0 Å². The van der Waals surface area contributed by atoms with Crippen molar-refractivity contribution in [1.29, 1.82) is 0 Å².